The van der Waals surface area contributed by atoms with E-state index in [0.717, 1.165) is 32.7 Å². The molecule has 1 N–H and O–H groups in total. The lowest BCUT2D eigenvalue weighted by molar-refractivity contribution is -0.138. The fraction of sp³-hybridized carbons (Fsp3) is 0.533. The fourth-order valence-electron chi connectivity index (χ4n) is 2.45. The van der Waals surface area contributed by atoms with Gasteiger partial charge >= 0.3 is 5.97 Å². The minimum Gasteiger partial charge on any atom is -0.480 e. The second-order valence-corrected chi connectivity index (χ2v) is 5.51. The van der Waals surface area contributed by atoms with Gasteiger partial charge in [-0.25, -0.2) is 0 Å². The lowest BCUT2D eigenvalue weighted by atomic mass is 10.1. The maximum atomic E-state index is 10.7. The molecule has 0 saturated carbocycles. The van der Waals surface area contributed by atoms with Crippen molar-refractivity contribution < 1.29 is 9.90 Å². The second kappa shape index (κ2) is 6.72. The van der Waals surface area contributed by atoms with E-state index < -0.39 is 5.97 Å². The molecule has 0 unspecified atom stereocenters. The summed E-state index contributed by atoms with van der Waals surface area (Å²) in [7, 11) is 4.08. The number of nitrogens with zero attached hydrogens (tertiary/aromatic N) is 3. The minimum atomic E-state index is -0.738. The van der Waals surface area contributed by atoms with Crippen LogP contribution in [0.1, 0.15) is 5.56 Å². The predicted octanol–water partition coefficient (Wildman–Crippen LogP) is 0.955. The van der Waals surface area contributed by atoms with Crippen LogP contribution in [0.4, 0.5) is 5.69 Å². The van der Waals surface area contributed by atoms with Crippen molar-refractivity contribution in [2.45, 2.75) is 6.54 Å². The minimum absolute atomic E-state index is 0.158. The summed E-state index contributed by atoms with van der Waals surface area (Å²) in [6.07, 6.45) is 0. The van der Waals surface area contributed by atoms with Crippen LogP contribution < -0.4 is 4.90 Å². The summed E-state index contributed by atoms with van der Waals surface area (Å²) in [5, 5.41) is 8.78. The molecule has 1 aromatic carbocycles. The highest BCUT2D eigenvalue weighted by Crippen LogP contribution is 2.14. The molecule has 1 aliphatic rings. The third-order valence-electron chi connectivity index (χ3n) is 3.68. The SMILES string of the molecule is CN(C)c1ccc(CN2CCN(CC(=O)O)CC2)cc1. The summed E-state index contributed by atoms with van der Waals surface area (Å²) in [4.78, 5) is 17.1. The Kier molecular flexibility index (Phi) is 4.98. The van der Waals surface area contributed by atoms with Crippen molar-refractivity contribution in [2.24, 2.45) is 0 Å². The van der Waals surface area contributed by atoms with Crippen molar-refractivity contribution in [3.63, 3.8) is 0 Å². The summed E-state index contributed by atoms with van der Waals surface area (Å²) < 4.78 is 0. The molecule has 0 aliphatic carbocycles. The van der Waals surface area contributed by atoms with Crippen LogP contribution in [0.25, 0.3) is 0 Å². The maximum Gasteiger partial charge on any atom is 0.317 e. The van der Waals surface area contributed by atoms with Gasteiger partial charge in [-0.05, 0) is 17.7 Å². The van der Waals surface area contributed by atoms with E-state index >= 15 is 0 Å². The number of hydrogen-bond acceptors (Lipinski definition) is 4. The standard InChI is InChI=1S/C15H23N3O2/c1-16(2)14-5-3-13(4-6-14)11-17-7-9-18(10-8-17)12-15(19)20/h3-6H,7-12H2,1-2H3,(H,19,20). The van der Waals surface area contributed by atoms with Crippen molar-refractivity contribution in [2.75, 3.05) is 51.7 Å². The molecule has 0 radical (unpaired) electrons. The zero-order chi connectivity index (χ0) is 14.5. The summed E-state index contributed by atoms with van der Waals surface area (Å²) in [5.74, 6) is -0.738. The molecule has 2 rings (SSSR count). The van der Waals surface area contributed by atoms with E-state index in [9.17, 15) is 4.79 Å². The number of carboxylic acid groups (broad SMARTS) is 1. The van der Waals surface area contributed by atoms with E-state index in [1.165, 1.54) is 11.3 Å². The number of carbonyl (C=O) groups is 1. The molecule has 1 aromatic rings. The van der Waals surface area contributed by atoms with Crippen molar-refractivity contribution in [3.8, 4) is 0 Å². The first kappa shape index (κ1) is 14.8. The summed E-state index contributed by atoms with van der Waals surface area (Å²) in [6.45, 7) is 4.63. The molecule has 0 spiro atoms. The van der Waals surface area contributed by atoms with Crippen molar-refractivity contribution >= 4 is 11.7 Å². The van der Waals surface area contributed by atoms with Gasteiger partial charge in [-0.3, -0.25) is 14.6 Å². The molecular formula is C15H23N3O2. The first-order valence-electron chi connectivity index (χ1n) is 6.97. The van der Waals surface area contributed by atoms with Crippen LogP contribution in [-0.4, -0.2) is 67.7 Å². The molecule has 1 aliphatic heterocycles. The van der Waals surface area contributed by atoms with Crippen LogP contribution in [0.15, 0.2) is 24.3 Å². The Labute approximate surface area is 120 Å². The largest absolute Gasteiger partial charge is 0.480 e. The smallest absolute Gasteiger partial charge is 0.317 e. The Balaban J connectivity index is 1.81. The van der Waals surface area contributed by atoms with Crippen LogP contribution in [0.5, 0.6) is 0 Å². The van der Waals surface area contributed by atoms with Gasteiger partial charge < -0.3 is 10.0 Å². The number of carboxylic acids is 1. The molecule has 5 heteroatoms. The molecule has 1 heterocycles. The highest BCUT2D eigenvalue weighted by molar-refractivity contribution is 5.69. The summed E-state index contributed by atoms with van der Waals surface area (Å²) >= 11 is 0. The van der Waals surface area contributed by atoms with Crippen LogP contribution in [0, 0.1) is 0 Å². The number of benzene rings is 1. The molecule has 1 saturated heterocycles. The van der Waals surface area contributed by atoms with Crippen molar-refractivity contribution in [3.05, 3.63) is 29.8 Å². The van der Waals surface area contributed by atoms with Crippen molar-refractivity contribution in [1.82, 2.24) is 9.80 Å². The summed E-state index contributed by atoms with van der Waals surface area (Å²) in [6, 6.07) is 8.60. The zero-order valence-corrected chi connectivity index (χ0v) is 12.2. The Bertz CT molecular complexity index is 437. The van der Waals surface area contributed by atoms with Gasteiger partial charge in [0.05, 0.1) is 6.54 Å². The highest BCUT2D eigenvalue weighted by Gasteiger charge is 2.18. The van der Waals surface area contributed by atoms with Crippen LogP contribution >= 0.6 is 0 Å². The molecular weight excluding hydrogens is 254 g/mol. The van der Waals surface area contributed by atoms with Crippen LogP contribution in [-0.2, 0) is 11.3 Å². The normalized spacial score (nSPS) is 17.1. The van der Waals surface area contributed by atoms with Gasteiger partial charge in [0, 0.05) is 52.5 Å². The molecule has 0 bridgehead atoms. The Morgan fingerprint density at radius 3 is 2.15 bits per heavy atom. The van der Waals surface area contributed by atoms with Crippen LogP contribution in [0.2, 0.25) is 0 Å². The Hall–Kier alpha value is -1.59. The van der Waals surface area contributed by atoms with Gasteiger partial charge in [-0.15, -0.1) is 0 Å². The van der Waals surface area contributed by atoms with Gasteiger partial charge in [0.15, 0.2) is 0 Å². The molecule has 5 nitrogen and oxygen atoms in total. The third-order valence-corrected chi connectivity index (χ3v) is 3.68. The first-order chi connectivity index (χ1) is 9.54. The molecule has 1 fully saturated rings. The van der Waals surface area contributed by atoms with Gasteiger partial charge in [0.1, 0.15) is 0 Å². The van der Waals surface area contributed by atoms with Gasteiger partial charge in [0.25, 0.3) is 0 Å². The molecule has 0 atom stereocenters. The van der Waals surface area contributed by atoms with Gasteiger partial charge in [-0.2, -0.15) is 0 Å². The third kappa shape index (κ3) is 4.21. The Morgan fingerprint density at radius 2 is 1.65 bits per heavy atom. The van der Waals surface area contributed by atoms with E-state index in [-0.39, 0.29) is 6.54 Å². The second-order valence-electron chi connectivity index (χ2n) is 5.51. The number of rotatable bonds is 5. The lowest BCUT2D eigenvalue weighted by Gasteiger charge is -2.33. The molecule has 20 heavy (non-hydrogen) atoms. The summed E-state index contributed by atoms with van der Waals surface area (Å²) in [5.41, 5.74) is 2.52. The number of aliphatic carboxylic acids is 1. The lowest BCUT2D eigenvalue weighted by Crippen LogP contribution is -2.47. The van der Waals surface area contributed by atoms with Gasteiger partial charge in [-0.1, -0.05) is 12.1 Å². The van der Waals surface area contributed by atoms with Gasteiger partial charge in [0.2, 0.25) is 0 Å². The van der Waals surface area contributed by atoms with E-state index in [4.69, 9.17) is 5.11 Å². The van der Waals surface area contributed by atoms with E-state index in [1.54, 1.807) is 0 Å². The monoisotopic (exact) mass is 277 g/mol. The maximum absolute atomic E-state index is 10.7. The first-order valence-corrected chi connectivity index (χ1v) is 6.97. The van der Waals surface area contributed by atoms with Crippen LogP contribution in [0.3, 0.4) is 0 Å². The molecule has 0 aromatic heterocycles. The predicted molar refractivity (Wildman–Crippen MR) is 80.1 cm³/mol. The number of anilines is 1. The Morgan fingerprint density at radius 1 is 1.10 bits per heavy atom. The molecule has 0 amide bonds. The highest BCUT2D eigenvalue weighted by atomic mass is 16.4. The quantitative estimate of drug-likeness (QED) is 0.868. The number of piperazine rings is 1. The average molecular weight is 277 g/mol. The van der Waals surface area contributed by atoms with E-state index in [0.29, 0.717) is 0 Å². The average Bonchev–Trinajstić information content (AvgIpc) is 2.41. The topological polar surface area (TPSA) is 47.0 Å². The van der Waals surface area contributed by atoms with Crippen molar-refractivity contribution in [1.29, 1.82) is 0 Å². The van der Waals surface area contributed by atoms with E-state index in [1.807, 2.05) is 19.0 Å². The number of hydrogen-bond donors (Lipinski definition) is 1. The zero-order valence-electron chi connectivity index (χ0n) is 12.2. The van der Waals surface area contributed by atoms with E-state index in [2.05, 4.69) is 34.1 Å². The molecule has 110 valence electrons. The fourth-order valence-corrected chi connectivity index (χ4v) is 2.45.